The third kappa shape index (κ3) is 4.23. The van der Waals surface area contributed by atoms with Crippen molar-refractivity contribution in [1.82, 2.24) is 0 Å². The van der Waals surface area contributed by atoms with E-state index in [0.29, 0.717) is 12.0 Å². The number of carbonyl (C=O) groups excluding carboxylic acids is 1. The number of rotatable bonds is 8. The van der Waals surface area contributed by atoms with E-state index in [2.05, 4.69) is 6.58 Å². The summed E-state index contributed by atoms with van der Waals surface area (Å²) in [6, 6.07) is 0. The standard InChI is InChI=1S/C11H22O5Si/c1-7-8-10(16-11(12)9(2)3)17(13-4,14-5)15-6/h10H,2,7-8H2,1,3-6H3. The molecule has 0 aromatic carbocycles. The van der Waals surface area contributed by atoms with Crippen molar-refractivity contribution >= 4 is 14.8 Å². The van der Waals surface area contributed by atoms with Gasteiger partial charge in [0.25, 0.3) is 0 Å². The van der Waals surface area contributed by atoms with Crippen molar-refractivity contribution in [2.75, 3.05) is 21.3 Å². The Hall–Kier alpha value is -0.693. The van der Waals surface area contributed by atoms with Gasteiger partial charge in [0.1, 0.15) is 0 Å². The quantitative estimate of drug-likeness (QED) is 0.378. The van der Waals surface area contributed by atoms with Crippen molar-refractivity contribution in [2.24, 2.45) is 0 Å². The number of hydrogen-bond acceptors (Lipinski definition) is 5. The van der Waals surface area contributed by atoms with Gasteiger partial charge < -0.3 is 18.0 Å². The van der Waals surface area contributed by atoms with Gasteiger partial charge in [-0.1, -0.05) is 19.9 Å². The van der Waals surface area contributed by atoms with Crippen LogP contribution in [0, 0.1) is 0 Å². The van der Waals surface area contributed by atoms with E-state index >= 15 is 0 Å². The normalized spacial score (nSPS) is 13.2. The predicted molar refractivity (Wildman–Crippen MR) is 66.4 cm³/mol. The summed E-state index contributed by atoms with van der Waals surface area (Å²) in [4.78, 5) is 11.6. The van der Waals surface area contributed by atoms with E-state index in [1.807, 2.05) is 6.92 Å². The monoisotopic (exact) mass is 262 g/mol. The Labute approximate surface area is 104 Å². The van der Waals surface area contributed by atoms with Crippen molar-refractivity contribution < 1.29 is 22.8 Å². The molecule has 1 atom stereocenters. The average molecular weight is 262 g/mol. The highest BCUT2D eigenvalue weighted by Crippen LogP contribution is 2.20. The number of carbonyl (C=O) groups is 1. The highest BCUT2D eigenvalue weighted by atomic mass is 28.4. The number of esters is 1. The second-order valence-corrected chi connectivity index (χ2v) is 6.75. The summed E-state index contributed by atoms with van der Waals surface area (Å²) in [5.41, 5.74) is -0.158. The van der Waals surface area contributed by atoms with Crippen LogP contribution in [-0.2, 0) is 22.8 Å². The lowest BCUT2D eigenvalue weighted by Crippen LogP contribution is -2.56. The summed E-state index contributed by atoms with van der Waals surface area (Å²) in [5, 5.41) is 0. The first-order valence-electron chi connectivity index (χ1n) is 5.49. The van der Waals surface area contributed by atoms with Crippen molar-refractivity contribution in [3.63, 3.8) is 0 Å². The lowest BCUT2D eigenvalue weighted by molar-refractivity contribution is -0.144. The highest BCUT2D eigenvalue weighted by molar-refractivity contribution is 6.62. The molecule has 0 aliphatic heterocycles. The van der Waals surface area contributed by atoms with Gasteiger partial charge in [0.2, 0.25) is 0 Å². The topological polar surface area (TPSA) is 54.0 Å². The maximum Gasteiger partial charge on any atom is 0.543 e. The maximum absolute atomic E-state index is 11.6. The van der Waals surface area contributed by atoms with E-state index in [4.69, 9.17) is 18.0 Å². The fraction of sp³-hybridized carbons (Fsp3) is 0.727. The molecule has 0 aliphatic carbocycles. The Bertz CT molecular complexity index is 254. The largest absolute Gasteiger partial charge is 0.543 e. The Kier molecular flexibility index (Phi) is 7.29. The van der Waals surface area contributed by atoms with E-state index in [-0.39, 0.29) is 0 Å². The summed E-state index contributed by atoms with van der Waals surface area (Å²) < 4.78 is 21.3. The Morgan fingerprint density at radius 1 is 1.24 bits per heavy atom. The van der Waals surface area contributed by atoms with E-state index < -0.39 is 20.5 Å². The molecule has 5 nitrogen and oxygen atoms in total. The lowest BCUT2D eigenvalue weighted by atomic mass is 10.3. The van der Waals surface area contributed by atoms with Gasteiger partial charge in [-0.05, 0) is 13.3 Å². The Balaban J connectivity index is 4.92. The van der Waals surface area contributed by atoms with Gasteiger partial charge in [-0.25, -0.2) is 4.79 Å². The van der Waals surface area contributed by atoms with Crippen LogP contribution in [-0.4, -0.2) is 41.8 Å². The molecule has 0 N–H and O–H groups in total. The molecular formula is C11H22O5Si. The molecule has 17 heavy (non-hydrogen) atoms. The summed E-state index contributed by atoms with van der Waals surface area (Å²) in [5.74, 6) is -0.452. The molecule has 0 amide bonds. The van der Waals surface area contributed by atoms with Gasteiger partial charge >= 0.3 is 14.8 Å². The molecule has 0 aromatic heterocycles. The molecule has 0 heterocycles. The van der Waals surface area contributed by atoms with Crippen LogP contribution < -0.4 is 0 Å². The minimum atomic E-state index is -2.96. The van der Waals surface area contributed by atoms with Crippen LogP contribution in [0.2, 0.25) is 0 Å². The second kappa shape index (κ2) is 7.60. The van der Waals surface area contributed by atoms with Crippen molar-refractivity contribution in [3.05, 3.63) is 12.2 Å². The predicted octanol–water partition coefficient (Wildman–Crippen LogP) is 1.69. The summed E-state index contributed by atoms with van der Waals surface area (Å²) in [6.45, 7) is 7.13. The van der Waals surface area contributed by atoms with Crippen molar-refractivity contribution in [2.45, 2.75) is 32.4 Å². The van der Waals surface area contributed by atoms with Crippen LogP contribution in [0.1, 0.15) is 26.7 Å². The second-order valence-electron chi connectivity index (χ2n) is 3.68. The fourth-order valence-electron chi connectivity index (χ4n) is 1.44. The molecule has 1 unspecified atom stereocenters. The van der Waals surface area contributed by atoms with E-state index in [1.165, 1.54) is 21.3 Å². The smallest absolute Gasteiger partial charge is 0.454 e. The third-order valence-electron chi connectivity index (χ3n) is 2.40. The molecule has 0 saturated heterocycles. The van der Waals surface area contributed by atoms with Gasteiger partial charge in [-0.2, -0.15) is 0 Å². The first kappa shape index (κ1) is 16.3. The minimum absolute atomic E-state index is 0.345. The third-order valence-corrected chi connectivity index (χ3v) is 5.30. The van der Waals surface area contributed by atoms with E-state index in [1.54, 1.807) is 6.92 Å². The Morgan fingerprint density at radius 3 is 2.00 bits per heavy atom. The van der Waals surface area contributed by atoms with Crippen LogP contribution in [0.3, 0.4) is 0 Å². The summed E-state index contributed by atoms with van der Waals surface area (Å²) in [6.07, 6.45) is 1.46. The molecule has 0 rings (SSSR count). The maximum atomic E-state index is 11.6. The zero-order valence-corrected chi connectivity index (χ0v) is 12.2. The van der Waals surface area contributed by atoms with Crippen LogP contribution >= 0.6 is 0 Å². The fourth-order valence-corrected chi connectivity index (χ4v) is 3.63. The van der Waals surface area contributed by atoms with Gasteiger partial charge in [0, 0.05) is 26.9 Å². The molecule has 0 spiro atoms. The molecule has 100 valence electrons. The molecule has 0 radical (unpaired) electrons. The first-order valence-corrected chi connectivity index (χ1v) is 7.29. The van der Waals surface area contributed by atoms with E-state index in [9.17, 15) is 4.79 Å². The first-order chi connectivity index (χ1) is 7.97. The van der Waals surface area contributed by atoms with Crippen molar-refractivity contribution in [3.8, 4) is 0 Å². The Morgan fingerprint density at radius 2 is 1.71 bits per heavy atom. The van der Waals surface area contributed by atoms with Crippen LogP contribution in [0.25, 0.3) is 0 Å². The number of ether oxygens (including phenoxy) is 1. The summed E-state index contributed by atoms with van der Waals surface area (Å²) in [7, 11) is 1.53. The average Bonchev–Trinajstić information content (AvgIpc) is 2.32. The molecule has 0 bridgehead atoms. The number of hydrogen-bond donors (Lipinski definition) is 0. The molecular weight excluding hydrogens is 240 g/mol. The SMILES string of the molecule is C=C(C)C(=O)OC(CCC)[Si](OC)(OC)OC. The molecule has 6 heteroatoms. The molecule has 0 saturated carbocycles. The minimum Gasteiger partial charge on any atom is -0.454 e. The summed E-state index contributed by atoms with van der Waals surface area (Å²) >= 11 is 0. The molecule has 0 aliphatic rings. The van der Waals surface area contributed by atoms with E-state index in [0.717, 1.165) is 6.42 Å². The van der Waals surface area contributed by atoms with Gasteiger partial charge in [0.05, 0.1) is 0 Å². The lowest BCUT2D eigenvalue weighted by Gasteiger charge is -2.31. The zero-order valence-electron chi connectivity index (χ0n) is 11.2. The molecule has 0 aromatic rings. The van der Waals surface area contributed by atoms with Gasteiger partial charge in [0.15, 0.2) is 5.73 Å². The van der Waals surface area contributed by atoms with Gasteiger partial charge in [-0.15, -0.1) is 0 Å². The van der Waals surface area contributed by atoms with Gasteiger partial charge in [-0.3, -0.25) is 0 Å². The van der Waals surface area contributed by atoms with Crippen molar-refractivity contribution in [1.29, 1.82) is 0 Å². The van der Waals surface area contributed by atoms with Crippen LogP contribution in [0.5, 0.6) is 0 Å². The zero-order chi connectivity index (χ0) is 13.5. The molecule has 0 fully saturated rings. The highest BCUT2D eigenvalue weighted by Gasteiger charge is 2.49. The van der Waals surface area contributed by atoms with Crippen LogP contribution in [0.15, 0.2) is 12.2 Å². The van der Waals surface area contributed by atoms with Crippen LogP contribution in [0.4, 0.5) is 0 Å².